The smallest absolute Gasteiger partial charge is 0.229 e. The van der Waals surface area contributed by atoms with Crippen molar-refractivity contribution < 1.29 is 14.4 Å². The molecule has 0 aromatic rings. The maximum absolute atomic E-state index is 11.8. The summed E-state index contributed by atoms with van der Waals surface area (Å²) in [6.07, 6.45) is 3.26. The summed E-state index contributed by atoms with van der Waals surface area (Å²) < 4.78 is 0. The summed E-state index contributed by atoms with van der Waals surface area (Å²) in [6.45, 7) is 2.67. The lowest BCUT2D eigenvalue weighted by molar-refractivity contribution is -0.138. The molecule has 0 aliphatic carbocycles. The summed E-state index contributed by atoms with van der Waals surface area (Å²) in [7, 11) is 0. The standard InChI is InChI=1S/C13H21N3O3/c17-11-4-5-12(18)16(11)8-2-7-15-13(19)10-3-1-6-14-9-10/h10,14H,1-9H2,(H,15,19). The SMILES string of the molecule is O=C(NCCCN1C(=O)CCC1=O)C1CCCNC1. The van der Waals surface area contributed by atoms with Gasteiger partial charge in [-0.05, 0) is 25.8 Å². The van der Waals surface area contributed by atoms with Crippen molar-refractivity contribution in [3.63, 3.8) is 0 Å². The third-order valence-corrected chi connectivity index (χ3v) is 3.68. The lowest BCUT2D eigenvalue weighted by atomic mass is 9.99. The van der Waals surface area contributed by atoms with Crippen molar-refractivity contribution in [1.29, 1.82) is 0 Å². The van der Waals surface area contributed by atoms with E-state index in [0.29, 0.717) is 32.4 Å². The Kier molecular flexibility index (Phi) is 4.90. The molecular formula is C13H21N3O3. The van der Waals surface area contributed by atoms with Gasteiger partial charge in [0.25, 0.3) is 0 Å². The van der Waals surface area contributed by atoms with E-state index in [0.717, 1.165) is 25.9 Å². The predicted molar refractivity (Wildman–Crippen MR) is 69.2 cm³/mol. The molecule has 0 bridgehead atoms. The van der Waals surface area contributed by atoms with Gasteiger partial charge in [-0.2, -0.15) is 0 Å². The second kappa shape index (κ2) is 6.65. The molecule has 6 nitrogen and oxygen atoms in total. The molecule has 0 aromatic carbocycles. The van der Waals surface area contributed by atoms with E-state index >= 15 is 0 Å². The van der Waals surface area contributed by atoms with E-state index in [1.165, 1.54) is 4.90 Å². The number of carbonyl (C=O) groups excluding carboxylic acids is 3. The van der Waals surface area contributed by atoms with Gasteiger partial charge in [0, 0.05) is 32.5 Å². The van der Waals surface area contributed by atoms with Crippen molar-refractivity contribution in [3.05, 3.63) is 0 Å². The van der Waals surface area contributed by atoms with E-state index < -0.39 is 0 Å². The molecule has 1 unspecified atom stereocenters. The third-order valence-electron chi connectivity index (χ3n) is 3.68. The Hall–Kier alpha value is -1.43. The van der Waals surface area contributed by atoms with Crippen LogP contribution in [0.4, 0.5) is 0 Å². The van der Waals surface area contributed by atoms with Gasteiger partial charge in [0.2, 0.25) is 17.7 Å². The molecule has 2 heterocycles. The highest BCUT2D eigenvalue weighted by molar-refractivity contribution is 6.01. The fourth-order valence-electron chi connectivity index (χ4n) is 2.54. The molecule has 2 aliphatic rings. The lowest BCUT2D eigenvalue weighted by Gasteiger charge is -2.22. The number of nitrogens with zero attached hydrogens (tertiary/aromatic N) is 1. The molecule has 6 heteroatoms. The fraction of sp³-hybridized carbons (Fsp3) is 0.769. The molecule has 2 N–H and O–H groups in total. The molecule has 0 spiro atoms. The average molecular weight is 267 g/mol. The number of nitrogens with one attached hydrogen (secondary N) is 2. The molecular weight excluding hydrogens is 246 g/mol. The van der Waals surface area contributed by atoms with Crippen LogP contribution < -0.4 is 10.6 Å². The molecule has 0 aromatic heterocycles. The number of hydrogen-bond acceptors (Lipinski definition) is 4. The van der Waals surface area contributed by atoms with Gasteiger partial charge in [-0.15, -0.1) is 0 Å². The second-order valence-electron chi connectivity index (χ2n) is 5.13. The Morgan fingerprint density at radius 3 is 2.68 bits per heavy atom. The normalized spacial score (nSPS) is 23.8. The van der Waals surface area contributed by atoms with Gasteiger partial charge in [-0.3, -0.25) is 19.3 Å². The Morgan fingerprint density at radius 2 is 2.05 bits per heavy atom. The Labute approximate surface area is 112 Å². The van der Waals surface area contributed by atoms with E-state index in [2.05, 4.69) is 10.6 Å². The van der Waals surface area contributed by atoms with Crippen molar-refractivity contribution in [2.75, 3.05) is 26.2 Å². The van der Waals surface area contributed by atoms with Crippen molar-refractivity contribution >= 4 is 17.7 Å². The van der Waals surface area contributed by atoms with Crippen molar-refractivity contribution in [1.82, 2.24) is 15.5 Å². The monoisotopic (exact) mass is 267 g/mol. The summed E-state index contributed by atoms with van der Waals surface area (Å²) in [5.74, 6) is -0.0457. The minimum atomic E-state index is -0.0900. The van der Waals surface area contributed by atoms with E-state index in [1.54, 1.807) is 0 Å². The average Bonchev–Trinajstić information content (AvgIpc) is 2.75. The van der Waals surface area contributed by atoms with Crippen LogP contribution in [0.5, 0.6) is 0 Å². The number of amides is 3. The van der Waals surface area contributed by atoms with Gasteiger partial charge in [0.15, 0.2) is 0 Å². The quantitative estimate of drug-likeness (QED) is 0.527. The maximum atomic E-state index is 11.8. The largest absolute Gasteiger partial charge is 0.356 e. The zero-order chi connectivity index (χ0) is 13.7. The summed E-state index contributed by atoms with van der Waals surface area (Å²) in [6, 6.07) is 0. The highest BCUT2D eigenvalue weighted by Gasteiger charge is 2.28. The van der Waals surface area contributed by atoms with Crippen LogP contribution in [0, 0.1) is 5.92 Å². The van der Waals surface area contributed by atoms with Gasteiger partial charge in [-0.25, -0.2) is 0 Å². The summed E-state index contributed by atoms with van der Waals surface area (Å²) >= 11 is 0. The van der Waals surface area contributed by atoms with Crippen molar-refractivity contribution in [2.24, 2.45) is 5.92 Å². The molecule has 2 aliphatic heterocycles. The first kappa shape index (κ1) is 14.0. The highest BCUT2D eigenvalue weighted by atomic mass is 16.2. The second-order valence-corrected chi connectivity index (χ2v) is 5.13. The number of carbonyl (C=O) groups is 3. The molecule has 19 heavy (non-hydrogen) atoms. The van der Waals surface area contributed by atoms with Crippen LogP contribution in [-0.4, -0.2) is 48.8 Å². The highest BCUT2D eigenvalue weighted by Crippen LogP contribution is 2.12. The molecule has 3 amide bonds. The first-order valence-corrected chi connectivity index (χ1v) is 7.00. The number of rotatable bonds is 5. The summed E-state index contributed by atoms with van der Waals surface area (Å²) in [5.41, 5.74) is 0. The van der Waals surface area contributed by atoms with Crippen LogP contribution in [0.15, 0.2) is 0 Å². The lowest BCUT2D eigenvalue weighted by Crippen LogP contribution is -2.41. The Balaban J connectivity index is 1.62. The van der Waals surface area contributed by atoms with Crippen LogP contribution in [0.2, 0.25) is 0 Å². The topological polar surface area (TPSA) is 78.5 Å². The van der Waals surface area contributed by atoms with Crippen LogP contribution in [0.1, 0.15) is 32.1 Å². The molecule has 2 fully saturated rings. The van der Waals surface area contributed by atoms with Gasteiger partial charge in [-0.1, -0.05) is 0 Å². The van der Waals surface area contributed by atoms with E-state index in [-0.39, 0.29) is 23.6 Å². The zero-order valence-corrected chi connectivity index (χ0v) is 11.1. The van der Waals surface area contributed by atoms with Crippen LogP contribution in [-0.2, 0) is 14.4 Å². The van der Waals surface area contributed by atoms with Crippen LogP contribution in [0.3, 0.4) is 0 Å². The molecule has 2 saturated heterocycles. The van der Waals surface area contributed by atoms with E-state index in [4.69, 9.17) is 0 Å². The maximum Gasteiger partial charge on any atom is 0.229 e. The fourth-order valence-corrected chi connectivity index (χ4v) is 2.54. The van der Waals surface area contributed by atoms with Gasteiger partial charge < -0.3 is 10.6 Å². The first-order chi connectivity index (χ1) is 9.18. The molecule has 0 radical (unpaired) electrons. The minimum absolute atomic E-state index is 0.0591. The summed E-state index contributed by atoms with van der Waals surface area (Å²) in [4.78, 5) is 35.9. The van der Waals surface area contributed by atoms with Crippen LogP contribution >= 0.6 is 0 Å². The molecule has 2 rings (SSSR count). The number of imide groups is 1. The third kappa shape index (κ3) is 3.76. The van der Waals surface area contributed by atoms with Gasteiger partial charge in [0.1, 0.15) is 0 Å². The zero-order valence-electron chi connectivity index (χ0n) is 11.1. The number of likely N-dealkylation sites (tertiary alicyclic amines) is 1. The molecule has 0 saturated carbocycles. The van der Waals surface area contributed by atoms with Gasteiger partial charge >= 0.3 is 0 Å². The number of hydrogen-bond donors (Lipinski definition) is 2. The van der Waals surface area contributed by atoms with E-state index in [1.807, 2.05) is 0 Å². The Bertz CT molecular complexity index is 348. The van der Waals surface area contributed by atoms with Crippen LogP contribution in [0.25, 0.3) is 0 Å². The molecule has 106 valence electrons. The number of piperidine rings is 1. The molecule has 1 atom stereocenters. The van der Waals surface area contributed by atoms with Crippen molar-refractivity contribution in [2.45, 2.75) is 32.1 Å². The summed E-state index contributed by atoms with van der Waals surface area (Å²) in [5, 5.41) is 6.08. The predicted octanol–water partition coefficient (Wildman–Crippen LogP) is -0.359. The Morgan fingerprint density at radius 1 is 1.32 bits per heavy atom. The first-order valence-electron chi connectivity index (χ1n) is 7.00. The minimum Gasteiger partial charge on any atom is -0.356 e. The van der Waals surface area contributed by atoms with E-state index in [9.17, 15) is 14.4 Å². The van der Waals surface area contributed by atoms with Gasteiger partial charge in [0.05, 0.1) is 5.92 Å². The van der Waals surface area contributed by atoms with Crippen molar-refractivity contribution in [3.8, 4) is 0 Å².